The average molecular weight is 317 g/mol. The summed E-state index contributed by atoms with van der Waals surface area (Å²) in [5.74, 6) is 3.19. The molecule has 21 heavy (non-hydrogen) atoms. The third kappa shape index (κ3) is 2.68. The van der Waals surface area contributed by atoms with E-state index in [-0.39, 0.29) is 0 Å². The van der Waals surface area contributed by atoms with Crippen molar-refractivity contribution in [3.8, 4) is 11.4 Å². The van der Waals surface area contributed by atoms with Crippen LogP contribution < -0.4 is 5.32 Å². The number of aromatic nitrogens is 4. The zero-order valence-electron chi connectivity index (χ0n) is 11.4. The summed E-state index contributed by atoms with van der Waals surface area (Å²) in [5.41, 5.74) is 1.05. The van der Waals surface area contributed by atoms with E-state index in [0.29, 0.717) is 6.04 Å². The molecule has 3 aromatic rings. The molecular formula is C14H15N5S2. The molecular weight excluding hydrogens is 302 g/mol. The maximum Gasteiger partial charge on any atom is 0.234 e. The van der Waals surface area contributed by atoms with Crippen LogP contribution in [0.3, 0.4) is 0 Å². The topological polar surface area (TPSA) is 55.1 Å². The predicted molar refractivity (Wildman–Crippen MR) is 86.9 cm³/mol. The summed E-state index contributed by atoms with van der Waals surface area (Å²) in [7, 11) is 0. The smallest absolute Gasteiger partial charge is 0.234 e. The van der Waals surface area contributed by atoms with Crippen LogP contribution in [0.15, 0.2) is 30.3 Å². The van der Waals surface area contributed by atoms with Gasteiger partial charge in [-0.05, 0) is 0 Å². The molecule has 0 aliphatic carbocycles. The molecule has 1 N–H and O–H groups in total. The van der Waals surface area contributed by atoms with Crippen molar-refractivity contribution in [2.45, 2.75) is 12.5 Å². The van der Waals surface area contributed by atoms with Crippen LogP contribution in [0.2, 0.25) is 0 Å². The average Bonchev–Trinajstić information content (AvgIpc) is 3.09. The van der Waals surface area contributed by atoms with Crippen molar-refractivity contribution < 1.29 is 0 Å². The first-order valence-corrected chi connectivity index (χ1v) is 8.95. The number of hydrogen-bond donors (Lipinski definition) is 1. The number of hydrogen-bond acceptors (Lipinski definition) is 6. The summed E-state index contributed by atoms with van der Waals surface area (Å²) < 4.78 is 1.87. The Morgan fingerprint density at radius 1 is 1.24 bits per heavy atom. The van der Waals surface area contributed by atoms with Crippen LogP contribution in [0.4, 0.5) is 0 Å². The number of rotatable bonds is 3. The van der Waals surface area contributed by atoms with Crippen LogP contribution in [0, 0.1) is 0 Å². The first-order valence-electron chi connectivity index (χ1n) is 6.98. The van der Waals surface area contributed by atoms with Crippen LogP contribution in [-0.2, 0) is 6.42 Å². The van der Waals surface area contributed by atoms with Gasteiger partial charge in [0.2, 0.25) is 4.96 Å². The third-order valence-electron chi connectivity index (χ3n) is 3.48. The Morgan fingerprint density at radius 2 is 2.14 bits per heavy atom. The molecule has 1 fully saturated rings. The van der Waals surface area contributed by atoms with E-state index in [2.05, 4.69) is 15.5 Å². The number of thioether (sulfide) groups is 1. The lowest BCUT2D eigenvalue weighted by molar-refractivity contribution is 0.559. The molecule has 1 saturated heterocycles. The zero-order valence-corrected chi connectivity index (χ0v) is 13.0. The zero-order chi connectivity index (χ0) is 14.1. The van der Waals surface area contributed by atoms with Gasteiger partial charge in [0.1, 0.15) is 5.01 Å². The highest BCUT2D eigenvalue weighted by atomic mass is 32.2. The molecule has 1 aromatic carbocycles. The third-order valence-corrected chi connectivity index (χ3v) is 5.54. The highest BCUT2D eigenvalue weighted by Gasteiger charge is 2.18. The second-order valence-corrected chi connectivity index (χ2v) is 7.20. The van der Waals surface area contributed by atoms with Gasteiger partial charge >= 0.3 is 0 Å². The minimum absolute atomic E-state index is 0.521. The summed E-state index contributed by atoms with van der Waals surface area (Å²) in [5, 5.41) is 17.9. The van der Waals surface area contributed by atoms with Gasteiger partial charge in [-0.2, -0.15) is 21.4 Å². The molecule has 3 heterocycles. The summed E-state index contributed by atoms with van der Waals surface area (Å²) in [6.07, 6.45) is 0.968. The molecule has 1 unspecified atom stereocenters. The summed E-state index contributed by atoms with van der Waals surface area (Å²) >= 11 is 3.65. The van der Waals surface area contributed by atoms with Crippen molar-refractivity contribution in [1.29, 1.82) is 0 Å². The summed E-state index contributed by atoms with van der Waals surface area (Å²) in [6, 6.07) is 10.6. The molecule has 5 nitrogen and oxygen atoms in total. The maximum atomic E-state index is 4.70. The molecule has 0 bridgehead atoms. The Balaban J connectivity index is 1.63. The van der Waals surface area contributed by atoms with Crippen LogP contribution in [-0.4, -0.2) is 43.9 Å². The van der Waals surface area contributed by atoms with E-state index in [1.165, 1.54) is 5.75 Å². The Morgan fingerprint density at radius 3 is 2.95 bits per heavy atom. The molecule has 0 amide bonds. The molecule has 2 aromatic heterocycles. The van der Waals surface area contributed by atoms with Gasteiger partial charge in [0.05, 0.1) is 0 Å². The second-order valence-electron chi connectivity index (χ2n) is 5.01. The lowest BCUT2D eigenvalue weighted by Crippen LogP contribution is -2.38. The van der Waals surface area contributed by atoms with Gasteiger partial charge in [0.15, 0.2) is 5.82 Å². The van der Waals surface area contributed by atoms with E-state index >= 15 is 0 Å². The lowest BCUT2D eigenvalue weighted by Gasteiger charge is -2.21. The first-order chi connectivity index (χ1) is 10.4. The molecule has 0 spiro atoms. The number of nitrogens with one attached hydrogen (secondary N) is 1. The highest BCUT2D eigenvalue weighted by molar-refractivity contribution is 7.99. The maximum absolute atomic E-state index is 4.70. The van der Waals surface area contributed by atoms with Gasteiger partial charge in [-0.25, -0.2) is 0 Å². The molecule has 1 aliphatic heterocycles. The van der Waals surface area contributed by atoms with Crippen molar-refractivity contribution in [1.82, 2.24) is 25.1 Å². The Labute approximate surface area is 130 Å². The van der Waals surface area contributed by atoms with Crippen molar-refractivity contribution >= 4 is 28.1 Å². The van der Waals surface area contributed by atoms with E-state index < -0.39 is 0 Å². The number of nitrogens with zero attached hydrogens (tertiary/aromatic N) is 4. The molecule has 108 valence electrons. The van der Waals surface area contributed by atoms with E-state index in [1.54, 1.807) is 11.3 Å². The van der Waals surface area contributed by atoms with E-state index in [4.69, 9.17) is 5.10 Å². The fraction of sp³-hybridized carbons (Fsp3) is 0.357. The molecule has 0 radical (unpaired) electrons. The van der Waals surface area contributed by atoms with Crippen LogP contribution in [0.1, 0.15) is 5.01 Å². The minimum atomic E-state index is 0.521. The van der Waals surface area contributed by atoms with Gasteiger partial charge in [-0.3, -0.25) is 0 Å². The molecule has 7 heteroatoms. The highest BCUT2D eigenvalue weighted by Crippen LogP contribution is 2.22. The van der Waals surface area contributed by atoms with Crippen molar-refractivity contribution in [3.63, 3.8) is 0 Å². The normalized spacial score (nSPS) is 19.1. The fourth-order valence-corrected chi connectivity index (χ4v) is 4.33. The minimum Gasteiger partial charge on any atom is -0.312 e. The number of benzene rings is 1. The van der Waals surface area contributed by atoms with Gasteiger partial charge in [-0.15, -0.1) is 10.2 Å². The van der Waals surface area contributed by atoms with Crippen LogP contribution in [0.25, 0.3) is 16.3 Å². The molecule has 1 aliphatic rings. The Kier molecular flexibility index (Phi) is 3.62. The van der Waals surface area contributed by atoms with Crippen LogP contribution >= 0.6 is 23.1 Å². The lowest BCUT2D eigenvalue weighted by atomic mass is 10.2. The van der Waals surface area contributed by atoms with Crippen molar-refractivity contribution in [2.75, 3.05) is 18.1 Å². The SMILES string of the molecule is c1ccc(-c2nnc3sc(CC4CSCCN4)nn23)cc1. The second kappa shape index (κ2) is 5.75. The largest absolute Gasteiger partial charge is 0.312 e. The number of fused-ring (bicyclic) bond motifs is 1. The fourth-order valence-electron chi connectivity index (χ4n) is 2.47. The molecule has 0 saturated carbocycles. The summed E-state index contributed by atoms with van der Waals surface area (Å²) in [6.45, 7) is 1.09. The van der Waals surface area contributed by atoms with Crippen molar-refractivity contribution in [2.24, 2.45) is 0 Å². The quantitative estimate of drug-likeness (QED) is 0.802. The predicted octanol–water partition coefficient (Wildman–Crippen LogP) is 2.10. The molecule has 1 atom stereocenters. The van der Waals surface area contributed by atoms with E-state index in [1.807, 2.05) is 46.6 Å². The standard InChI is InChI=1S/C14H15N5S2/c1-2-4-10(5-3-1)13-16-17-14-19(13)18-12(21-14)8-11-9-20-7-6-15-11/h1-5,11,15H,6-9H2. The van der Waals surface area contributed by atoms with Gasteiger partial charge < -0.3 is 5.32 Å². The Bertz CT molecular complexity index is 730. The van der Waals surface area contributed by atoms with E-state index in [9.17, 15) is 0 Å². The van der Waals surface area contributed by atoms with Crippen molar-refractivity contribution in [3.05, 3.63) is 35.3 Å². The molecule has 4 rings (SSSR count). The van der Waals surface area contributed by atoms with Gasteiger partial charge in [0, 0.05) is 36.1 Å². The summed E-state index contributed by atoms with van der Waals surface area (Å²) in [4.78, 5) is 0.868. The monoisotopic (exact) mass is 317 g/mol. The Hall–Kier alpha value is -1.44. The van der Waals surface area contributed by atoms with Gasteiger partial charge in [0.25, 0.3) is 0 Å². The van der Waals surface area contributed by atoms with E-state index in [0.717, 1.165) is 40.1 Å². The van der Waals surface area contributed by atoms with Gasteiger partial charge in [-0.1, -0.05) is 41.7 Å². The first kappa shape index (κ1) is 13.2. The van der Waals surface area contributed by atoms with Crippen LogP contribution in [0.5, 0.6) is 0 Å².